The van der Waals surface area contributed by atoms with E-state index in [9.17, 15) is 14.0 Å². The van der Waals surface area contributed by atoms with E-state index >= 15 is 0 Å². The molecule has 5 nitrogen and oxygen atoms in total. The fourth-order valence-electron chi connectivity index (χ4n) is 3.99. The van der Waals surface area contributed by atoms with Crippen molar-refractivity contribution in [2.45, 2.75) is 26.8 Å². The van der Waals surface area contributed by atoms with E-state index in [1.807, 2.05) is 55.1 Å². The zero-order chi connectivity index (χ0) is 23.4. The van der Waals surface area contributed by atoms with E-state index in [2.05, 4.69) is 4.98 Å². The number of nitrogens with zero attached hydrogens (tertiary/aromatic N) is 3. The summed E-state index contributed by atoms with van der Waals surface area (Å²) >= 11 is 0. The van der Waals surface area contributed by atoms with Crippen LogP contribution in [0.2, 0.25) is 0 Å². The highest BCUT2D eigenvalue weighted by Crippen LogP contribution is 2.33. The third-order valence-corrected chi connectivity index (χ3v) is 5.86. The molecule has 2 amide bonds. The van der Waals surface area contributed by atoms with Crippen LogP contribution >= 0.6 is 0 Å². The average molecular weight is 444 g/mol. The van der Waals surface area contributed by atoms with Crippen molar-refractivity contribution in [3.8, 4) is 0 Å². The Hall–Kier alpha value is -3.80. The second-order valence-electron chi connectivity index (χ2n) is 8.10. The zero-order valence-electron chi connectivity index (χ0n) is 18.8. The van der Waals surface area contributed by atoms with Crippen molar-refractivity contribution < 1.29 is 14.0 Å². The summed E-state index contributed by atoms with van der Waals surface area (Å²) in [5, 5.41) is 0. The fraction of sp³-hybridized carbons (Fsp3) is 0.222. The summed E-state index contributed by atoms with van der Waals surface area (Å²) in [7, 11) is 0. The molecule has 0 unspecified atom stereocenters. The third kappa shape index (κ3) is 4.85. The number of imide groups is 1. The molecule has 0 fully saturated rings. The van der Waals surface area contributed by atoms with E-state index in [-0.39, 0.29) is 24.2 Å². The van der Waals surface area contributed by atoms with Gasteiger partial charge in [0.25, 0.3) is 11.8 Å². The molecule has 33 heavy (non-hydrogen) atoms. The van der Waals surface area contributed by atoms with Gasteiger partial charge in [-0.1, -0.05) is 42.0 Å². The van der Waals surface area contributed by atoms with Gasteiger partial charge in [-0.25, -0.2) is 4.39 Å². The maximum atomic E-state index is 13.6. The maximum Gasteiger partial charge on any atom is 0.278 e. The van der Waals surface area contributed by atoms with Crippen LogP contribution < -0.4 is 0 Å². The molecule has 1 aromatic heterocycles. The molecule has 168 valence electrons. The van der Waals surface area contributed by atoms with Crippen molar-refractivity contribution in [2.24, 2.45) is 0 Å². The number of likely N-dealkylation sites (N-methyl/N-ethyl adjacent to an activating group) is 1. The molecule has 0 saturated carbocycles. The molecule has 0 atom stereocenters. The minimum absolute atomic E-state index is 0.0959. The monoisotopic (exact) mass is 443 g/mol. The smallest absolute Gasteiger partial charge is 0.278 e. The molecule has 4 rings (SSSR count). The van der Waals surface area contributed by atoms with E-state index in [1.165, 1.54) is 17.0 Å². The van der Waals surface area contributed by atoms with E-state index in [4.69, 9.17) is 0 Å². The predicted molar refractivity (Wildman–Crippen MR) is 125 cm³/mol. The van der Waals surface area contributed by atoms with E-state index < -0.39 is 0 Å². The number of benzene rings is 2. The average Bonchev–Trinajstić information content (AvgIpc) is 3.07. The van der Waals surface area contributed by atoms with Gasteiger partial charge in [0.2, 0.25) is 0 Å². The lowest BCUT2D eigenvalue weighted by molar-refractivity contribution is -0.138. The van der Waals surface area contributed by atoms with Gasteiger partial charge in [0.15, 0.2) is 0 Å². The summed E-state index contributed by atoms with van der Waals surface area (Å²) in [5.74, 6) is -1.01. The lowest BCUT2D eigenvalue weighted by Gasteiger charge is -2.25. The van der Waals surface area contributed by atoms with Gasteiger partial charge in [0.05, 0.1) is 12.1 Å². The molecule has 0 saturated heterocycles. The Morgan fingerprint density at radius 3 is 2.18 bits per heavy atom. The number of aromatic nitrogens is 1. The molecule has 1 aliphatic heterocycles. The first kappa shape index (κ1) is 22.4. The van der Waals surface area contributed by atoms with Crippen LogP contribution in [-0.2, 0) is 22.6 Å². The number of aryl methyl sites for hydroxylation is 1. The van der Waals surface area contributed by atoms with Crippen LogP contribution in [0.5, 0.6) is 0 Å². The molecule has 0 aliphatic carbocycles. The summed E-state index contributed by atoms with van der Waals surface area (Å²) in [6, 6.07) is 17.4. The first-order valence-corrected chi connectivity index (χ1v) is 11.0. The first-order valence-electron chi connectivity index (χ1n) is 11.0. The summed E-state index contributed by atoms with van der Waals surface area (Å²) in [4.78, 5) is 34.4. The lowest BCUT2D eigenvalue weighted by atomic mass is 10.0. The maximum absolute atomic E-state index is 13.6. The van der Waals surface area contributed by atoms with Gasteiger partial charge >= 0.3 is 0 Å². The van der Waals surface area contributed by atoms with Gasteiger partial charge in [-0.2, -0.15) is 0 Å². The van der Waals surface area contributed by atoms with Crippen molar-refractivity contribution >= 4 is 17.4 Å². The topological polar surface area (TPSA) is 53.5 Å². The Morgan fingerprint density at radius 2 is 1.55 bits per heavy atom. The lowest BCUT2D eigenvalue weighted by Crippen LogP contribution is -2.35. The Balaban J connectivity index is 1.69. The highest BCUT2D eigenvalue weighted by molar-refractivity contribution is 6.35. The van der Waals surface area contributed by atoms with Crippen LogP contribution in [0, 0.1) is 12.7 Å². The summed E-state index contributed by atoms with van der Waals surface area (Å²) in [6.45, 7) is 5.23. The van der Waals surface area contributed by atoms with Crippen LogP contribution in [0.3, 0.4) is 0 Å². The first-order chi connectivity index (χ1) is 16.0. The van der Waals surface area contributed by atoms with Gasteiger partial charge < -0.3 is 4.90 Å². The van der Waals surface area contributed by atoms with Crippen molar-refractivity contribution in [3.63, 3.8) is 0 Å². The second kappa shape index (κ2) is 9.77. The summed E-state index contributed by atoms with van der Waals surface area (Å²) in [6.07, 6.45) is 4.22. The second-order valence-corrected chi connectivity index (χ2v) is 8.10. The van der Waals surface area contributed by atoms with E-state index in [0.717, 1.165) is 23.1 Å². The number of hydrogen-bond acceptors (Lipinski definition) is 4. The largest absolute Gasteiger partial charge is 0.366 e. The SMILES string of the molecule is CCN(CCc1ccncc1)C1=C(c2ccc(C)cc2)C(=O)N(Cc2ccc(F)cc2)C1=O. The number of amides is 2. The molecular weight excluding hydrogens is 417 g/mol. The molecule has 0 spiro atoms. The van der Waals surface area contributed by atoms with Gasteiger partial charge in [-0.05, 0) is 61.2 Å². The highest BCUT2D eigenvalue weighted by Gasteiger charge is 2.41. The molecule has 0 N–H and O–H groups in total. The van der Waals surface area contributed by atoms with E-state index in [1.54, 1.807) is 24.5 Å². The minimum Gasteiger partial charge on any atom is -0.366 e. The molecule has 1 aliphatic rings. The molecule has 2 heterocycles. The Labute approximate surface area is 193 Å². The normalized spacial score (nSPS) is 13.7. The standard InChI is InChI=1S/C27H26FN3O2/c1-3-30(17-14-20-12-15-29-16-13-20)25-24(22-8-4-19(2)5-9-22)26(32)31(27(25)33)18-21-6-10-23(28)11-7-21/h4-13,15-16H,3,14,17-18H2,1-2H3. The van der Waals surface area contributed by atoms with Crippen LogP contribution in [0.15, 0.2) is 78.8 Å². The van der Waals surface area contributed by atoms with Gasteiger partial charge in [0.1, 0.15) is 11.5 Å². The molecule has 0 radical (unpaired) electrons. The Kier molecular flexibility index (Phi) is 6.63. The zero-order valence-corrected chi connectivity index (χ0v) is 18.8. The van der Waals surface area contributed by atoms with E-state index in [0.29, 0.717) is 29.9 Å². The minimum atomic E-state index is -0.356. The van der Waals surface area contributed by atoms with Crippen molar-refractivity contribution in [1.29, 1.82) is 0 Å². The molecule has 6 heteroatoms. The number of hydrogen-bond donors (Lipinski definition) is 0. The molecular formula is C27H26FN3O2. The van der Waals surface area contributed by atoms with Gasteiger partial charge in [-0.15, -0.1) is 0 Å². The van der Waals surface area contributed by atoms with Crippen LogP contribution in [0.4, 0.5) is 4.39 Å². The number of rotatable bonds is 8. The van der Waals surface area contributed by atoms with Gasteiger partial charge in [0, 0.05) is 25.5 Å². The Bertz CT molecular complexity index is 1170. The van der Waals surface area contributed by atoms with Crippen molar-refractivity contribution in [1.82, 2.24) is 14.8 Å². The van der Waals surface area contributed by atoms with Crippen molar-refractivity contribution in [3.05, 3.63) is 107 Å². The third-order valence-electron chi connectivity index (χ3n) is 5.86. The number of halogens is 1. The molecule has 3 aromatic rings. The summed E-state index contributed by atoms with van der Waals surface area (Å²) < 4.78 is 13.3. The predicted octanol–water partition coefficient (Wildman–Crippen LogP) is 4.37. The summed E-state index contributed by atoms with van der Waals surface area (Å²) in [5.41, 5.74) is 4.44. The molecule has 2 aromatic carbocycles. The quantitative estimate of drug-likeness (QED) is 0.485. The van der Waals surface area contributed by atoms with Crippen molar-refractivity contribution in [2.75, 3.05) is 13.1 Å². The molecule has 0 bridgehead atoms. The number of carbonyl (C=O) groups excluding carboxylic acids is 2. The number of pyridine rings is 1. The van der Waals surface area contributed by atoms with Crippen LogP contribution in [0.1, 0.15) is 29.2 Å². The Morgan fingerprint density at radius 1 is 0.879 bits per heavy atom. The number of carbonyl (C=O) groups is 2. The highest BCUT2D eigenvalue weighted by atomic mass is 19.1. The van der Waals surface area contributed by atoms with Gasteiger partial charge in [-0.3, -0.25) is 19.5 Å². The van der Waals surface area contributed by atoms with Crippen LogP contribution in [0.25, 0.3) is 5.57 Å². The fourth-order valence-corrected chi connectivity index (χ4v) is 3.99. The van der Waals surface area contributed by atoms with Crippen LogP contribution in [-0.4, -0.2) is 39.7 Å².